The number of carbonyl (C=O) groups is 1. The van der Waals surface area contributed by atoms with Gasteiger partial charge in [0.25, 0.3) is 0 Å². The van der Waals surface area contributed by atoms with E-state index in [1.54, 1.807) is 6.20 Å². The quantitative estimate of drug-likeness (QED) is 0.938. The fourth-order valence-corrected chi connectivity index (χ4v) is 3.60. The maximum absolute atomic E-state index is 11.3. The first-order valence-electron chi connectivity index (χ1n) is 7.58. The van der Waals surface area contributed by atoms with E-state index in [-0.39, 0.29) is 11.8 Å². The highest BCUT2D eigenvalue weighted by Crippen LogP contribution is 2.42. The summed E-state index contributed by atoms with van der Waals surface area (Å²) in [5.41, 5.74) is 1.62. The predicted octanol–water partition coefficient (Wildman–Crippen LogP) is 2.94. The molecule has 5 heteroatoms. The monoisotopic (exact) mass is 287 g/mol. The first-order valence-corrected chi connectivity index (χ1v) is 7.58. The average Bonchev–Trinajstić information content (AvgIpc) is 2.76. The summed E-state index contributed by atoms with van der Waals surface area (Å²) in [6, 6.07) is 3.91. The van der Waals surface area contributed by atoms with Crippen LogP contribution in [-0.4, -0.2) is 25.6 Å². The van der Waals surface area contributed by atoms with Crippen LogP contribution < -0.4 is 0 Å². The highest BCUT2D eigenvalue weighted by atomic mass is 16.4. The fraction of sp³-hybridized carbons (Fsp3) is 0.562. The largest absolute Gasteiger partial charge is 0.481 e. The first kappa shape index (κ1) is 14.0. The van der Waals surface area contributed by atoms with Gasteiger partial charge in [-0.2, -0.15) is 0 Å². The van der Waals surface area contributed by atoms with Crippen molar-refractivity contribution in [2.45, 2.75) is 44.9 Å². The van der Waals surface area contributed by atoms with Crippen molar-refractivity contribution in [1.82, 2.24) is 14.5 Å². The summed E-state index contributed by atoms with van der Waals surface area (Å²) >= 11 is 0. The van der Waals surface area contributed by atoms with E-state index in [0.717, 1.165) is 49.1 Å². The van der Waals surface area contributed by atoms with Crippen LogP contribution >= 0.6 is 0 Å². The summed E-state index contributed by atoms with van der Waals surface area (Å²) < 4.78 is 2.06. The van der Waals surface area contributed by atoms with Crippen LogP contribution in [0.2, 0.25) is 0 Å². The lowest BCUT2D eigenvalue weighted by Crippen LogP contribution is -2.30. The number of pyridine rings is 1. The molecule has 0 aromatic carbocycles. The Morgan fingerprint density at radius 2 is 2.14 bits per heavy atom. The summed E-state index contributed by atoms with van der Waals surface area (Å²) in [4.78, 5) is 20.2. The zero-order valence-corrected chi connectivity index (χ0v) is 12.4. The van der Waals surface area contributed by atoms with Gasteiger partial charge in [0.1, 0.15) is 5.82 Å². The number of hydrogen-bond acceptors (Lipinski definition) is 3. The number of imidazole rings is 1. The van der Waals surface area contributed by atoms with Gasteiger partial charge in [-0.3, -0.25) is 4.79 Å². The van der Waals surface area contributed by atoms with E-state index >= 15 is 0 Å². The molecule has 1 fully saturated rings. The maximum atomic E-state index is 11.3. The van der Waals surface area contributed by atoms with E-state index < -0.39 is 5.97 Å². The lowest BCUT2D eigenvalue weighted by Gasteiger charge is -2.35. The van der Waals surface area contributed by atoms with Crippen LogP contribution in [0.1, 0.15) is 44.3 Å². The molecular formula is C16H21N3O2. The molecule has 2 heterocycles. The number of carboxylic acid groups (broad SMARTS) is 1. The maximum Gasteiger partial charge on any atom is 0.303 e. The van der Waals surface area contributed by atoms with E-state index in [1.165, 1.54) is 6.42 Å². The molecular weight excluding hydrogens is 266 g/mol. The third-order valence-electron chi connectivity index (χ3n) is 4.72. The number of hydrogen-bond donors (Lipinski definition) is 1. The van der Waals surface area contributed by atoms with Crippen LogP contribution in [0.3, 0.4) is 0 Å². The number of aromatic nitrogens is 3. The van der Waals surface area contributed by atoms with Gasteiger partial charge < -0.3 is 9.67 Å². The molecule has 1 N–H and O–H groups in total. The third-order valence-corrected chi connectivity index (χ3v) is 4.72. The van der Waals surface area contributed by atoms with Gasteiger partial charge >= 0.3 is 5.97 Å². The number of nitrogens with zero attached hydrogens (tertiary/aromatic N) is 3. The van der Waals surface area contributed by atoms with Crippen LogP contribution in [0.25, 0.3) is 11.2 Å². The van der Waals surface area contributed by atoms with Gasteiger partial charge in [0.15, 0.2) is 5.65 Å². The van der Waals surface area contributed by atoms with E-state index in [0.29, 0.717) is 0 Å². The smallest absolute Gasteiger partial charge is 0.303 e. The number of aliphatic carboxylic acids is 1. The van der Waals surface area contributed by atoms with Gasteiger partial charge in [-0.25, -0.2) is 9.97 Å². The molecule has 0 aliphatic heterocycles. The molecule has 0 spiro atoms. The molecule has 2 aromatic rings. The minimum Gasteiger partial charge on any atom is -0.481 e. The molecule has 0 saturated heterocycles. The second-order valence-electron chi connectivity index (χ2n) is 6.24. The fourth-order valence-electron chi connectivity index (χ4n) is 3.60. The Labute approximate surface area is 124 Å². The van der Waals surface area contributed by atoms with E-state index in [1.807, 2.05) is 19.2 Å². The average molecular weight is 287 g/mol. The normalized spacial score (nSPS) is 18.0. The predicted molar refractivity (Wildman–Crippen MR) is 80.0 cm³/mol. The van der Waals surface area contributed by atoms with Crippen LogP contribution in [0.4, 0.5) is 0 Å². The zero-order valence-electron chi connectivity index (χ0n) is 12.4. The summed E-state index contributed by atoms with van der Waals surface area (Å²) in [5, 5.41) is 9.28. The van der Waals surface area contributed by atoms with Crippen molar-refractivity contribution in [3.63, 3.8) is 0 Å². The summed E-state index contributed by atoms with van der Waals surface area (Å²) in [6.07, 6.45) is 8.13. The second kappa shape index (κ2) is 5.47. The molecule has 21 heavy (non-hydrogen) atoms. The molecule has 0 unspecified atom stereocenters. The Balaban J connectivity index is 1.93. The molecule has 0 radical (unpaired) electrons. The van der Waals surface area contributed by atoms with E-state index in [4.69, 9.17) is 0 Å². The lowest BCUT2D eigenvalue weighted by molar-refractivity contribution is -0.140. The summed E-state index contributed by atoms with van der Waals surface area (Å²) in [6.45, 7) is 0. The zero-order chi connectivity index (χ0) is 14.9. The van der Waals surface area contributed by atoms with Gasteiger partial charge in [0.05, 0.1) is 11.9 Å². The molecule has 5 nitrogen and oxygen atoms in total. The van der Waals surface area contributed by atoms with Gasteiger partial charge in [-0.15, -0.1) is 0 Å². The highest BCUT2D eigenvalue weighted by Gasteiger charge is 2.36. The summed E-state index contributed by atoms with van der Waals surface area (Å²) in [7, 11) is 1.99. The first-order chi connectivity index (χ1) is 10.1. The second-order valence-corrected chi connectivity index (χ2v) is 6.24. The van der Waals surface area contributed by atoms with Gasteiger partial charge in [-0.05, 0) is 30.4 Å². The van der Waals surface area contributed by atoms with Crippen LogP contribution in [0, 0.1) is 5.41 Å². The van der Waals surface area contributed by atoms with Crippen molar-refractivity contribution in [2.75, 3.05) is 0 Å². The van der Waals surface area contributed by atoms with Crippen molar-refractivity contribution in [2.24, 2.45) is 12.5 Å². The molecule has 1 aliphatic rings. The molecule has 1 aliphatic carbocycles. The van der Waals surface area contributed by atoms with Crippen molar-refractivity contribution < 1.29 is 9.90 Å². The van der Waals surface area contributed by atoms with Crippen molar-refractivity contribution in [3.8, 4) is 0 Å². The van der Waals surface area contributed by atoms with Crippen LogP contribution in [-0.2, 0) is 18.3 Å². The highest BCUT2D eigenvalue weighted by molar-refractivity contribution is 5.71. The van der Waals surface area contributed by atoms with Crippen molar-refractivity contribution in [3.05, 3.63) is 24.2 Å². The van der Waals surface area contributed by atoms with Gasteiger partial charge in [0.2, 0.25) is 0 Å². The van der Waals surface area contributed by atoms with Gasteiger partial charge in [0, 0.05) is 19.7 Å². The number of fused-ring (bicyclic) bond motifs is 1. The minimum absolute atomic E-state index is 0.140. The molecule has 112 valence electrons. The molecule has 0 atom stereocenters. The SMILES string of the molecule is Cn1c(CC2(CC(=O)O)CCCCC2)nc2ncccc21. The third kappa shape index (κ3) is 2.77. The van der Waals surface area contributed by atoms with Gasteiger partial charge in [-0.1, -0.05) is 19.3 Å². The van der Waals surface area contributed by atoms with Crippen molar-refractivity contribution >= 4 is 17.1 Å². The number of aryl methyl sites for hydroxylation is 1. The summed E-state index contributed by atoms with van der Waals surface area (Å²) in [5.74, 6) is 0.251. The molecule has 1 saturated carbocycles. The number of rotatable bonds is 4. The van der Waals surface area contributed by atoms with E-state index in [9.17, 15) is 9.90 Å². The minimum atomic E-state index is -0.700. The Kier molecular flexibility index (Phi) is 3.66. The van der Waals surface area contributed by atoms with Crippen LogP contribution in [0.15, 0.2) is 18.3 Å². The molecule has 0 bridgehead atoms. The number of carboxylic acids is 1. The Morgan fingerprint density at radius 3 is 2.81 bits per heavy atom. The Hall–Kier alpha value is -1.91. The van der Waals surface area contributed by atoms with E-state index in [2.05, 4.69) is 14.5 Å². The van der Waals surface area contributed by atoms with Crippen LogP contribution in [0.5, 0.6) is 0 Å². The molecule has 3 rings (SSSR count). The van der Waals surface area contributed by atoms with Crippen molar-refractivity contribution in [1.29, 1.82) is 0 Å². The topological polar surface area (TPSA) is 68.0 Å². The molecule has 0 amide bonds. The lowest BCUT2D eigenvalue weighted by atomic mass is 9.69. The Bertz CT molecular complexity index is 657. The molecule has 2 aromatic heterocycles. The standard InChI is InChI=1S/C16H21N3O2/c1-19-12-6-5-9-17-15(12)18-13(19)10-16(11-14(20)21)7-3-2-4-8-16/h5-6,9H,2-4,7-8,10-11H2,1H3,(H,20,21). The Morgan fingerprint density at radius 1 is 1.38 bits per heavy atom.